The predicted molar refractivity (Wildman–Crippen MR) is 81.0 cm³/mol. The average Bonchev–Trinajstić information content (AvgIpc) is 3.23. The Morgan fingerprint density at radius 3 is 3.00 bits per heavy atom. The molecule has 1 saturated carbocycles. The number of pyridine rings is 1. The van der Waals surface area contributed by atoms with Crippen molar-refractivity contribution in [1.29, 1.82) is 0 Å². The van der Waals surface area contributed by atoms with Gasteiger partial charge >= 0.3 is 0 Å². The molecule has 0 spiro atoms. The van der Waals surface area contributed by atoms with Crippen LogP contribution in [-0.4, -0.2) is 42.7 Å². The minimum Gasteiger partial charge on any atom is -0.476 e. The van der Waals surface area contributed by atoms with E-state index in [4.69, 9.17) is 10.5 Å². The number of piperidine rings is 1. The van der Waals surface area contributed by atoms with E-state index in [2.05, 4.69) is 22.2 Å². The monoisotopic (exact) mass is 276 g/mol. The first-order valence-electron chi connectivity index (χ1n) is 7.55. The number of likely N-dealkylation sites (N-methyl/N-ethyl adjacent to an activating group) is 1. The number of anilines is 2. The largest absolute Gasteiger partial charge is 0.476 e. The average molecular weight is 276 g/mol. The van der Waals surface area contributed by atoms with Crippen molar-refractivity contribution in [2.75, 3.05) is 37.8 Å². The summed E-state index contributed by atoms with van der Waals surface area (Å²) < 4.78 is 5.73. The van der Waals surface area contributed by atoms with Crippen molar-refractivity contribution in [2.45, 2.75) is 31.7 Å². The lowest BCUT2D eigenvalue weighted by Gasteiger charge is -2.30. The highest BCUT2D eigenvalue weighted by molar-refractivity contribution is 5.53. The number of hydrogen-bond donors (Lipinski definition) is 2. The molecule has 1 unspecified atom stereocenters. The van der Waals surface area contributed by atoms with Gasteiger partial charge in [-0.1, -0.05) is 0 Å². The van der Waals surface area contributed by atoms with Gasteiger partial charge in [0.2, 0.25) is 5.88 Å². The Balaban J connectivity index is 1.61. The molecule has 0 radical (unpaired) electrons. The van der Waals surface area contributed by atoms with E-state index in [1.807, 2.05) is 12.1 Å². The first-order valence-corrected chi connectivity index (χ1v) is 7.55. The molecule has 1 aliphatic heterocycles. The standard InChI is InChI=1S/C15H24N4O/c1-19-8-2-3-12(9-19)17-14-7-6-13(16)15(18-14)20-10-11-4-5-11/h6-7,11-12H,2-5,8-10,16H2,1H3,(H,17,18). The number of aromatic nitrogens is 1. The minimum atomic E-state index is 0.459. The molecular weight excluding hydrogens is 252 g/mol. The highest BCUT2D eigenvalue weighted by atomic mass is 16.5. The molecule has 3 rings (SSSR count). The number of nitrogen functional groups attached to an aromatic ring is 1. The van der Waals surface area contributed by atoms with Crippen LogP contribution in [0.15, 0.2) is 12.1 Å². The van der Waals surface area contributed by atoms with Crippen molar-refractivity contribution < 1.29 is 4.74 Å². The second-order valence-corrected chi connectivity index (χ2v) is 6.09. The highest BCUT2D eigenvalue weighted by Gasteiger charge is 2.23. The quantitative estimate of drug-likeness (QED) is 0.860. The number of nitrogens with two attached hydrogens (primary N) is 1. The Morgan fingerprint density at radius 2 is 2.25 bits per heavy atom. The maximum Gasteiger partial charge on any atom is 0.239 e. The molecule has 0 amide bonds. The second-order valence-electron chi connectivity index (χ2n) is 6.09. The van der Waals surface area contributed by atoms with Crippen LogP contribution in [0.2, 0.25) is 0 Å². The maximum atomic E-state index is 5.93. The fraction of sp³-hybridized carbons (Fsp3) is 0.667. The number of likely N-dealkylation sites (tertiary alicyclic amines) is 1. The summed E-state index contributed by atoms with van der Waals surface area (Å²) in [5, 5.41) is 3.49. The summed E-state index contributed by atoms with van der Waals surface area (Å²) in [5.41, 5.74) is 6.55. The Kier molecular flexibility index (Phi) is 3.96. The minimum absolute atomic E-state index is 0.459. The summed E-state index contributed by atoms with van der Waals surface area (Å²) in [6.07, 6.45) is 4.96. The third-order valence-electron chi connectivity index (χ3n) is 4.02. The van der Waals surface area contributed by atoms with Crippen LogP contribution in [0.4, 0.5) is 11.5 Å². The Labute approximate surface area is 120 Å². The summed E-state index contributed by atoms with van der Waals surface area (Å²) in [6.45, 7) is 2.99. The lowest BCUT2D eigenvalue weighted by Crippen LogP contribution is -2.39. The van der Waals surface area contributed by atoms with Crippen molar-refractivity contribution in [3.8, 4) is 5.88 Å². The van der Waals surface area contributed by atoms with Crippen molar-refractivity contribution >= 4 is 11.5 Å². The van der Waals surface area contributed by atoms with Gasteiger partial charge in [-0.05, 0) is 57.3 Å². The van der Waals surface area contributed by atoms with Crippen LogP contribution in [0.3, 0.4) is 0 Å². The third kappa shape index (κ3) is 3.54. The van der Waals surface area contributed by atoms with Gasteiger partial charge in [0.15, 0.2) is 0 Å². The lowest BCUT2D eigenvalue weighted by atomic mass is 10.1. The zero-order valence-corrected chi connectivity index (χ0v) is 12.1. The summed E-state index contributed by atoms with van der Waals surface area (Å²) in [4.78, 5) is 6.86. The summed E-state index contributed by atoms with van der Waals surface area (Å²) in [6, 6.07) is 4.28. The molecule has 1 saturated heterocycles. The molecule has 0 bridgehead atoms. The zero-order chi connectivity index (χ0) is 13.9. The molecule has 1 aromatic rings. The molecule has 1 aromatic heterocycles. The van der Waals surface area contributed by atoms with Crippen LogP contribution < -0.4 is 15.8 Å². The van der Waals surface area contributed by atoms with Gasteiger partial charge in [-0.2, -0.15) is 4.98 Å². The molecule has 1 atom stereocenters. The van der Waals surface area contributed by atoms with E-state index in [9.17, 15) is 0 Å². The van der Waals surface area contributed by atoms with Crippen LogP contribution in [0.5, 0.6) is 5.88 Å². The number of rotatable bonds is 5. The molecule has 0 aromatic carbocycles. The molecule has 3 N–H and O–H groups in total. The van der Waals surface area contributed by atoms with Crippen LogP contribution in [-0.2, 0) is 0 Å². The maximum absolute atomic E-state index is 5.93. The van der Waals surface area contributed by atoms with Crippen molar-refractivity contribution in [3.63, 3.8) is 0 Å². The first-order chi connectivity index (χ1) is 9.70. The third-order valence-corrected chi connectivity index (χ3v) is 4.02. The van der Waals surface area contributed by atoms with E-state index in [-0.39, 0.29) is 0 Å². The van der Waals surface area contributed by atoms with Crippen LogP contribution >= 0.6 is 0 Å². The normalized spacial score (nSPS) is 23.6. The van der Waals surface area contributed by atoms with E-state index < -0.39 is 0 Å². The van der Waals surface area contributed by atoms with Crippen molar-refractivity contribution in [3.05, 3.63) is 12.1 Å². The number of nitrogens with zero attached hydrogens (tertiary/aromatic N) is 2. The van der Waals surface area contributed by atoms with Crippen molar-refractivity contribution in [2.24, 2.45) is 5.92 Å². The van der Waals surface area contributed by atoms with Crippen LogP contribution in [0.1, 0.15) is 25.7 Å². The van der Waals surface area contributed by atoms with Gasteiger partial charge in [-0.15, -0.1) is 0 Å². The number of hydrogen-bond acceptors (Lipinski definition) is 5. The van der Waals surface area contributed by atoms with Gasteiger partial charge in [0.1, 0.15) is 5.82 Å². The van der Waals surface area contributed by atoms with Gasteiger partial charge in [0, 0.05) is 12.6 Å². The van der Waals surface area contributed by atoms with Crippen LogP contribution in [0.25, 0.3) is 0 Å². The number of nitrogens with one attached hydrogen (secondary N) is 1. The van der Waals surface area contributed by atoms with E-state index in [0.29, 0.717) is 23.5 Å². The first kappa shape index (κ1) is 13.5. The molecule has 20 heavy (non-hydrogen) atoms. The zero-order valence-electron chi connectivity index (χ0n) is 12.1. The SMILES string of the molecule is CN1CCCC(Nc2ccc(N)c(OCC3CC3)n2)C1. The van der Waals surface area contributed by atoms with Gasteiger partial charge in [-0.3, -0.25) is 0 Å². The van der Waals surface area contributed by atoms with Crippen molar-refractivity contribution in [1.82, 2.24) is 9.88 Å². The topological polar surface area (TPSA) is 63.4 Å². The molecule has 2 fully saturated rings. The lowest BCUT2D eigenvalue weighted by molar-refractivity contribution is 0.260. The summed E-state index contributed by atoms with van der Waals surface area (Å²) >= 11 is 0. The van der Waals surface area contributed by atoms with Crippen LogP contribution in [0, 0.1) is 5.92 Å². The Bertz CT molecular complexity index is 461. The Hall–Kier alpha value is -1.49. The van der Waals surface area contributed by atoms with E-state index >= 15 is 0 Å². The van der Waals surface area contributed by atoms with E-state index in [1.165, 1.54) is 32.2 Å². The highest BCUT2D eigenvalue weighted by Crippen LogP contribution is 2.30. The number of ether oxygens (including phenoxy) is 1. The Morgan fingerprint density at radius 1 is 1.40 bits per heavy atom. The van der Waals surface area contributed by atoms with Gasteiger partial charge < -0.3 is 20.7 Å². The molecule has 2 heterocycles. The summed E-state index contributed by atoms with van der Waals surface area (Å²) in [5.74, 6) is 2.15. The molecule has 5 nitrogen and oxygen atoms in total. The smallest absolute Gasteiger partial charge is 0.239 e. The molecule has 5 heteroatoms. The van der Waals surface area contributed by atoms with E-state index in [1.54, 1.807) is 0 Å². The van der Waals surface area contributed by atoms with Gasteiger partial charge in [0.25, 0.3) is 0 Å². The second kappa shape index (κ2) is 5.87. The fourth-order valence-corrected chi connectivity index (χ4v) is 2.62. The summed E-state index contributed by atoms with van der Waals surface area (Å²) in [7, 11) is 2.16. The fourth-order valence-electron chi connectivity index (χ4n) is 2.62. The predicted octanol–water partition coefficient (Wildman–Crippen LogP) is 1.96. The molecule has 110 valence electrons. The molecular formula is C15H24N4O. The van der Waals surface area contributed by atoms with Gasteiger partial charge in [0.05, 0.1) is 12.3 Å². The van der Waals surface area contributed by atoms with Gasteiger partial charge in [-0.25, -0.2) is 0 Å². The van der Waals surface area contributed by atoms with E-state index in [0.717, 1.165) is 19.0 Å². The molecule has 1 aliphatic carbocycles. The molecule has 2 aliphatic rings.